The van der Waals surface area contributed by atoms with Crippen LogP contribution in [0.1, 0.15) is 39.5 Å². The third-order valence-corrected chi connectivity index (χ3v) is 11.5. The maximum atomic E-state index is 14.8. The molecule has 2 aliphatic heterocycles. The summed E-state index contributed by atoms with van der Waals surface area (Å²) in [5.74, 6) is 0.990. The molecule has 5 saturated carbocycles. The second kappa shape index (κ2) is 6.16. The summed E-state index contributed by atoms with van der Waals surface area (Å²) >= 11 is 0. The topological polar surface area (TPSA) is 66.5 Å². The van der Waals surface area contributed by atoms with E-state index in [0.29, 0.717) is 18.3 Å². The molecule has 32 heavy (non-hydrogen) atoms. The lowest BCUT2D eigenvalue weighted by molar-refractivity contribution is -0.281. The van der Waals surface area contributed by atoms with E-state index in [1.807, 2.05) is 14.2 Å². The van der Waals surface area contributed by atoms with E-state index in [2.05, 4.69) is 18.7 Å². The summed E-state index contributed by atoms with van der Waals surface area (Å²) in [6.07, 6.45) is 3.83. The van der Waals surface area contributed by atoms with Gasteiger partial charge < -0.3 is 23.7 Å². The van der Waals surface area contributed by atoms with Gasteiger partial charge in [0.2, 0.25) is 0 Å². The number of hydrogen-bond donors (Lipinski definition) is 0. The number of ketones is 1. The van der Waals surface area contributed by atoms with E-state index in [-0.39, 0.29) is 59.6 Å². The average molecular weight is 448 g/mol. The first-order chi connectivity index (χ1) is 15.4. The van der Waals surface area contributed by atoms with Crippen LogP contribution in [-0.2, 0) is 28.5 Å². The molecule has 0 radical (unpaired) electrons. The summed E-state index contributed by atoms with van der Waals surface area (Å²) in [5.41, 5.74) is -1.97. The zero-order valence-electron chi connectivity index (χ0n) is 20.0. The molecule has 12 atom stereocenters. The van der Waals surface area contributed by atoms with Crippen LogP contribution in [0.2, 0.25) is 0 Å². The highest BCUT2D eigenvalue weighted by atomic mass is 16.7. The van der Waals surface area contributed by atoms with Gasteiger partial charge in [0.15, 0.2) is 11.4 Å². The van der Waals surface area contributed by atoms with E-state index in [1.165, 1.54) is 0 Å². The number of piperidine rings is 1. The molecule has 0 aromatic rings. The predicted octanol–water partition coefficient (Wildman–Crippen LogP) is 1.87. The molecular weight excluding hydrogens is 410 g/mol. The fourth-order valence-electron chi connectivity index (χ4n) is 11.1. The number of methoxy groups -OCH3 is 3. The molecule has 7 bridgehead atoms. The first-order valence-electron chi connectivity index (χ1n) is 12.6. The van der Waals surface area contributed by atoms with Crippen molar-refractivity contribution in [1.82, 2.24) is 4.90 Å². The molecule has 7 nitrogen and oxygen atoms in total. The van der Waals surface area contributed by atoms with Crippen LogP contribution in [0.25, 0.3) is 0 Å². The Morgan fingerprint density at radius 1 is 1.16 bits per heavy atom. The monoisotopic (exact) mass is 447 g/mol. The molecule has 2 saturated heterocycles. The van der Waals surface area contributed by atoms with Gasteiger partial charge in [0.1, 0.15) is 12.4 Å². The van der Waals surface area contributed by atoms with Crippen molar-refractivity contribution in [2.24, 2.45) is 34.5 Å². The largest absolute Gasteiger partial charge is 0.381 e. The van der Waals surface area contributed by atoms with Gasteiger partial charge in [-0.1, -0.05) is 13.8 Å². The quantitative estimate of drug-likeness (QED) is 0.652. The zero-order chi connectivity index (χ0) is 22.3. The second-order valence-corrected chi connectivity index (χ2v) is 11.9. The number of nitrogens with zero attached hydrogens (tertiary/aromatic N) is 1. The smallest absolute Gasteiger partial charge is 0.174 e. The van der Waals surface area contributed by atoms with Crippen molar-refractivity contribution in [2.75, 3.05) is 41.2 Å². The van der Waals surface area contributed by atoms with Crippen LogP contribution in [0.3, 0.4) is 0 Å². The molecule has 7 aliphatic rings. The van der Waals surface area contributed by atoms with Gasteiger partial charge in [-0.3, -0.25) is 9.69 Å². The van der Waals surface area contributed by atoms with Crippen molar-refractivity contribution in [2.45, 2.75) is 75.1 Å². The Bertz CT molecular complexity index is 867. The second-order valence-electron chi connectivity index (χ2n) is 11.9. The fourth-order valence-corrected chi connectivity index (χ4v) is 11.1. The Labute approximate surface area is 190 Å². The highest BCUT2D eigenvalue weighted by Gasteiger charge is 2.93. The van der Waals surface area contributed by atoms with Crippen LogP contribution < -0.4 is 0 Å². The third-order valence-electron chi connectivity index (χ3n) is 11.5. The number of likely N-dealkylation sites (tertiary alicyclic amines) is 1. The number of hydrogen-bond acceptors (Lipinski definition) is 7. The number of Topliss-reactive ketones (excluding diaryl/α,β-unsaturated/α-hetero) is 1. The van der Waals surface area contributed by atoms with E-state index >= 15 is 0 Å². The molecule has 0 amide bonds. The molecule has 7 fully saturated rings. The Hall–Kier alpha value is -0.570. The minimum atomic E-state index is -0.962. The summed E-state index contributed by atoms with van der Waals surface area (Å²) in [6.45, 7) is 6.62. The van der Waals surface area contributed by atoms with Crippen molar-refractivity contribution in [3.63, 3.8) is 0 Å². The molecule has 0 N–H and O–H groups in total. The number of ether oxygens (including phenoxy) is 5. The van der Waals surface area contributed by atoms with Crippen molar-refractivity contribution in [3.05, 3.63) is 0 Å². The lowest BCUT2D eigenvalue weighted by Gasteiger charge is -2.69. The van der Waals surface area contributed by atoms with Gasteiger partial charge in [0.05, 0.1) is 24.4 Å². The minimum absolute atomic E-state index is 0.00793. The molecule has 7 heteroatoms. The standard InChI is InChI=1S/C25H37NO6/c1-6-26-11-22(2)8-7-16(29-4)24-14-9-13-15(28-3)10-23(17(14)18(13)30-5)25(21(24)26,32-12-31-23)20(27)19(22)24/h13-19,21H,6-12H2,1-5H3/t13-,14-,15+,16+,17-,18+,19-,21+,22+,23-,24+,25+/m1/s1. The van der Waals surface area contributed by atoms with Gasteiger partial charge in [-0.15, -0.1) is 0 Å². The lowest BCUT2D eigenvalue weighted by Crippen LogP contribution is -2.80. The third kappa shape index (κ3) is 1.75. The van der Waals surface area contributed by atoms with E-state index < -0.39 is 11.2 Å². The highest BCUT2D eigenvalue weighted by Crippen LogP contribution is 2.81. The summed E-state index contributed by atoms with van der Waals surface area (Å²) in [5, 5.41) is 0. The van der Waals surface area contributed by atoms with Crippen LogP contribution in [0, 0.1) is 34.5 Å². The van der Waals surface area contributed by atoms with Crippen molar-refractivity contribution in [3.8, 4) is 0 Å². The number of fused-ring (bicyclic) bond motifs is 1. The average Bonchev–Trinajstić information content (AvgIpc) is 3.37. The number of rotatable bonds is 4. The molecule has 0 aromatic heterocycles. The Morgan fingerprint density at radius 3 is 2.66 bits per heavy atom. The van der Waals surface area contributed by atoms with Crippen molar-refractivity contribution >= 4 is 5.78 Å². The van der Waals surface area contributed by atoms with Crippen LogP contribution in [0.4, 0.5) is 0 Å². The molecule has 5 aliphatic carbocycles. The van der Waals surface area contributed by atoms with Crippen LogP contribution >= 0.6 is 0 Å². The van der Waals surface area contributed by atoms with Gasteiger partial charge in [0.25, 0.3) is 0 Å². The van der Waals surface area contributed by atoms with Crippen LogP contribution in [0.5, 0.6) is 0 Å². The van der Waals surface area contributed by atoms with E-state index in [4.69, 9.17) is 23.7 Å². The molecule has 0 unspecified atom stereocenters. The van der Waals surface area contributed by atoms with Gasteiger partial charge in [-0.2, -0.15) is 0 Å². The number of carbonyl (C=O) groups is 1. The molecule has 7 rings (SSSR count). The van der Waals surface area contributed by atoms with E-state index in [9.17, 15) is 4.79 Å². The van der Waals surface area contributed by atoms with E-state index in [1.54, 1.807) is 7.11 Å². The Balaban J connectivity index is 1.57. The molecule has 178 valence electrons. The zero-order valence-corrected chi connectivity index (χ0v) is 20.0. The lowest BCUT2D eigenvalue weighted by atomic mass is 9.43. The summed E-state index contributed by atoms with van der Waals surface area (Å²) < 4.78 is 32.0. The molecule has 2 heterocycles. The SMILES string of the molecule is CCN1C[C@]2(C)CC[C@H](OC)[C@@]34[C@@H]5C[C@H]6[C@H](OC)[C@@H]5[C@@]5(C[C@@H]6OC)OCO[C@@]5(C(=O)[C@H]23)[C@@H]14. The van der Waals surface area contributed by atoms with E-state index in [0.717, 1.165) is 32.4 Å². The summed E-state index contributed by atoms with van der Waals surface area (Å²) in [4.78, 5) is 17.4. The van der Waals surface area contributed by atoms with Crippen molar-refractivity contribution < 1.29 is 28.5 Å². The Kier molecular flexibility index (Phi) is 4.00. The summed E-state index contributed by atoms with van der Waals surface area (Å²) in [6, 6.07) is -0.00793. The molecule has 3 spiro atoms. The number of carbonyl (C=O) groups excluding carboxylic acids is 1. The minimum Gasteiger partial charge on any atom is -0.381 e. The maximum absolute atomic E-state index is 14.8. The normalized spacial score (nSPS) is 61.8. The van der Waals surface area contributed by atoms with Gasteiger partial charge in [0, 0.05) is 57.5 Å². The van der Waals surface area contributed by atoms with Crippen molar-refractivity contribution in [1.29, 1.82) is 0 Å². The highest BCUT2D eigenvalue weighted by molar-refractivity contribution is 5.98. The van der Waals surface area contributed by atoms with Crippen LogP contribution in [0.15, 0.2) is 0 Å². The van der Waals surface area contributed by atoms with Gasteiger partial charge in [-0.05, 0) is 37.1 Å². The molecular formula is C25H37NO6. The predicted molar refractivity (Wildman–Crippen MR) is 114 cm³/mol. The number of likely N-dealkylation sites (N-methyl/N-ethyl adjacent to an activating group) is 1. The molecule has 0 aromatic carbocycles. The first-order valence-corrected chi connectivity index (χ1v) is 12.6. The first kappa shape index (κ1) is 20.8. The fraction of sp³-hybridized carbons (Fsp3) is 0.960. The Morgan fingerprint density at radius 2 is 1.97 bits per heavy atom. The van der Waals surface area contributed by atoms with Gasteiger partial charge in [-0.25, -0.2) is 0 Å². The maximum Gasteiger partial charge on any atom is 0.174 e. The summed E-state index contributed by atoms with van der Waals surface area (Å²) in [7, 11) is 5.47. The van der Waals surface area contributed by atoms with Gasteiger partial charge >= 0.3 is 0 Å². The van der Waals surface area contributed by atoms with Crippen LogP contribution in [-0.4, -0.2) is 87.5 Å².